The summed E-state index contributed by atoms with van der Waals surface area (Å²) in [5.41, 5.74) is 10.6. The molecule has 0 aromatic heterocycles. The van der Waals surface area contributed by atoms with E-state index in [1.54, 1.807) is 0 Å². The summed E-state index contributed by atoms with van der Waals surface area (Å²) < 4.78 is 0. The molecule has 0 bridgehead atoms. The Hall–Kier alpha value is -3.52. The molecule has 0 amide bonds. The monoisotopic (exact) mass is 404 g/mol. The van der Waals surface area contributed by atoms with Crippen LogP contribution in [0.1, 0.15) is 11.1 Å². The third-order valence-corrected chi connectivity index (χ3v) is 6.26. The van der Waals surface area contributed by atoms with Gasteiger partial charge >= 0.3 is 0 Å². The van der Waals surface area contributed by atoms with Crippen molar-refractivity contribution in [3.05, 3.63) is 108 Å². The van der Waals surface area contributed by atoms with Crippen LogP contribution in [0, 0.1) is 13.8 Å². The van der Waals surface area contributed by atoms with Gasteiger partial charge in [0.25, 0.3) is 0 Å². The Kier molecular flexibility index (Phi) is 5.21. The van der Waals surface area contributed by atoms with Crippen LogP contribution < -0.4 is 9.80 Å². The van der Waals surface area contributed by atoms with Gasteiger partial charge < -0.3 is 9.80 Å². The first-order valence-corrected chi connectivity index (χ1v) is 11.0. The molecule has 1 aliphatic rings. The molecule has 5 rings (SSSR count). The van der Waals surface area contributed by atoms with E-state index in [1.165, 1.54) is 44.8 Å². The summed E-state index contributed by atoms with van der Waals surface area (Å²) in [7, 11) is 0. The second-order valence-corrected chi connectivity index (χ2v) is 8.34. The van der Waals surface area contributed by atoms with Crippen molar-refractivity contribution in [2.45, 2.75) is 13.8 Å². The van der Waals surface area contributed by atoms with E-state index in [-0.39, 0.29) is 0 Å². The summed E-state index contributed by atoms with van der Waals surface area (Å²) in [6.07, 6.45) is 0. The molecule has 4 aromatic rings. The maximum absolute atomic E-state index is 2.54. The lowest BCUT2D eigenvalue weighted by molar-refractivity contribution is 0.942. The van der Waals surface area contributed by atoms with Crippen LogP contribution in [-0.2, 0) is 0 Å². The predicted octanol–water partition coefficient (Wildman–Crippen LogP) is 6.92. The highest BCUT2D eigenvalue weighted by molar-refractivity contribution is 5.84. The lowest BCUT2D eigenvalue weighted by Gasteiger charge is -2.27. The van der Waals surface area contributed by atoms with Gasteiger partial charge in [0, 0.05) is 35.6 Å². The average Bonchev–Trinajstić information content (AvgIpc) is 3.29. The van der Waals surface area contributed by atoms with E-state index in [2.05, 4.69) is 121 Å². The van der Waals surface area contributed by atoms with E-state index in [0.717, 1.165) is 19.8 Å². The fraction of sp³-hybridized carbons (Fsp3) is 0.172. The molecule has 0 spiro atoms. The normalized spacial score (nSPS) is 13.6. The van der Waals surface area contributed by atoms with Crippen molar-refractivity contribution in [1.82, 2.24) is 0 Å². The molecule has 0 unspecified atom stereocenters. The highest BCUT2D eigenvalue weighted by atomic mass is 15.4. The third-order valence-electron chi connectivity index (χ3n) is 6.26. The smallest absolute Gasteiger partial charge is 0.0904 e. The Morgan fingerprint density at radius 3 is 1.32 bits per heavy atom. The summed E-state index contributed by atoms with van der Waals surface area (Å²) in [6, 6.07) is 34.8. The molecule has 4 aromatic carbocycles. The predicted molar refractivity (Wildman–Crippen MR) is 133 cm³/mol. The van der Waals surface area contributed by atoms with Crippen molar-refractivity contribution < 1.29 is 0 Å². The summed E-state index contributed by atoms with van der Waals surface area (Å²) in [5.74, 6) is 0. The molecule has 2 nitrogen and oxygen atoms in total. The lowest BCUT2D eigenvalue weighted by Crippen LogP contribution is -2.26. The van der Waals surface area contributed by atoms with Gasteiger partial charge in [-0.2, -0.15) is 0 Å². The van der Waals surface area contributed by atoms with Gasteiger partial charge in [0.15, 0.2) is 0 Å². The number of hydrogen-bond donors (Lipinski definition) is 0. The van der Waals surface area contributed by atoms with Crippen molar-refractivity contribution in [3.8, 4) is 22.3 Å². The standard InChI is InChI=1S/C29H28N2/c1-22-11-9-17-26(24-13-5-3-6-14-24)28(22)30-19-20-31(21-30)29-23(2)12-10-18-27(29)25-15-7-4-8-16-25/h3-18H,19-21H2,1-2H3. The minimum atomic E-state index is 0.898. The molecule has 0 aliphatic carbocycles. The maximum atomic E-state index is 2.54. The van der Waals surface area contributed by atoms with Crippen LogP contribution in [0.4, 0.5) is 11.4 Å². The Bertz CT molecular complexity index is 1090. The Labute approximate surface area is 185 Å². The highest BCUT2D eigenvalue weighted by Gasteiger charge is 2.26. The summed E-state index contributed by atoms with van der Waals surface area (Å²) >= 11 is 0. The molecule has 0 atom stereocenters. The summed E-state index contributed by atoms with van der Waals surface area (Å²) in [4.78, 5) is 5.08. The number of hydrogen-bond acceptors (Lipinski definition) is 2. The topological polar surface area (TPSA) is 6.48 Å². The number of rotatable bonds is 4. The number of para-hydroxylation sites is 2. The van der Waals surface area contributed by atoms with Crippen molar-refractivity contribution in [2.75, 3.05) is 29.6 Å². The van der Waals surface area contributed by atoms with Gasteiger partial charge in [-0.25, -0.2) is 0 Å². The Morgan fingerprint density at radius 1 is 0.484 bits per heavy atom. The molecule has 2 heteroatoms. The van der Waals surface area contributed by atoms with Crippen LogP contribution in [-0.4, -0.2) is 19.8 Å². The summed E-state index contributed by atoms with van der Waals surface area (Å²) in [5, 5.41) is 0. The van der Waals surface area contributed by atoms with Gasteiger partial charge in [-0.15, -0.1) is 0 Å². The van der Waals surface area contributed by atoms with Crippen molar-refractivity contribution in [3.63, 3.8) is 0 Å². The number of aryl methyl sites for hydroxylation is 2. The quantitative estimate of drug-likeness (QED) is 0.364. The second kappa shape index (κ2) is 8.31. The van der Waals surface area contributed by atoms with E-state index in [9.17, 15) is 0 Å². The minimum Gasteiger partial charge on any atom is -0.351 e. The fourth-order valence-electron chi connectivity index (χ4n) is 4.81. The molecule has 1 heterocycles. The van der Waals surface area contributed by atoms with Gasteiger partial charge in [0.05, 0.1) is 6.67 Å². The highest BCUT2D eigenvalue weighted by Crippen LogP contribution is 2.39. The van der Waals surface area contributed by atoms with Crippen LogP contribution in [0.25, 0.3) is 22.3 Å². The zero-order valence-corrected chi connectivity index (χ0v) is 18.3. The lowest BCUT2D eigenvalue weighted by atomic mass is 9.99. The van der Waals surface area contributed by atoms with Crippen molar-refractivity contribution in [2.24, 2.45) is 0 Å². The molecule has 154 valence electrons. The van der Waals surface area contributed by atoms with Gasteiger partial charge in [0.1, 0.15) is 0 Å². The first-order valence-electron chi connectivity index (χ1n) is 11.0. The Morgan fingerprint density at radius 2 is 0.903 bits per heavy atom. The molecule has 31 heavy (non-hydrogen) atoms. The summed E-state index contributed by atoms with van der Waals surface area (Å²) in [6.45, 7) is 7.40. The molecular formula is C29H28N2. The molecular weight excluding hydrogens is 376 g/mol. The number of nitrogens with zero attached hydrogens (tertiary/aromatic N) is 2. The van der Waals surface area contributed by atoms with Crippen LogP contribution in [0.15, 0.2) is 97.1 Å². The van der Waals surface area contributed by atoms with E-state index in [4.69, 9.17) is 0 Å². The molecule has 1 fully saturated rings. The largest absolute Gasteiger partial charge is 0.351 e. The van der Waals surface area contributed by atoms with Crippen LogP contribution >= 0.6 is 0 Å². The molecule has 0 N–H and O–H groups in total. The van der Waals surface area contributed by atoms with Gasteiger partial charge in [0.2, 0.25) is 0 Å². The molecule has 1 saturated heterocycles. The first kappa shape index (κ1) is 19.4. The van der Waals surface area contributed by atoms with Crippen LogP contribution in [0.3, 0.4) is 0 Å². The van der Waals surface area contributed by atoms with E-state index >= 15 is 0 Å². The first-order chi connectivity index (χ1) is 15.2. The zero-order chi connectivity index (χ0) is 21.2. The van der Waals surface area contributed by atoms with Crippen molar-refractivity contribution >= 4 is 11.4 Å². The maximum Gasteiger partial charge on any atom is 0.0904 e. The minimum absolute atomic E-state index is 0.898. The molecule has 0 radical (unpaired) electrons. The average molecular weight is 405 g/mol. The van der Waals surface area contributed by atoms with Crippen molar-refractivity contribution in [1.29, 1.82) is 0 Å². The fourth-order valence-corrected chi connectivity index (χ4v) is 4.81. The van der Waals surface area contributed by atoms with Crippen LogP contribution in [0.2, 0.25) is 0 Å². The van der Waals surface area contributed by atoms with Gasteiger partial charge in [-0.05, 0) is 36.1 Å². The van der Waals surface area contributed by atoms with Gasteiger partial charge in [-0.3, -0.25) is 0 Å². The van der Waals surface area contributed by atoms with Gasteiger partial charge in [-0.1, -0.05) is 97.1 Å². The number of benzene rings is 4. The van der Waals surface area contributed by atoms with E-state index < -0.39 is 0 Å². The van der Waals surface area contributed by atoms with E-state index in [1.807, 2.05) is 0 Å². The third kappa shape index (κ3) is 3.70. The zero-order valence-electron chi connectivity index (χ0n) is 18.3. The molecule has 0 saturated carbocycles. The van der Waals surface area contributed by atoms with E-state index in [0.29, 0.717) is 0 Å². The van der Waals surface area contributed by atoms with Crippen LogP contribution in [0.5, 0.6) is 0 Å². The Balaban J connectivity index is 1.52. The number of anilines is 2. The molecule has 1 aliphatic heterocycles. The second-order valence-electron chi connectivity index (χ2n) is 8.34. The SMILES string of the molecule is Cc1cccc(-c2ccccc2)c1N1CCN(c2c(C)cccc2-c2ccccc2)C1.